The number of nitrogens with one attached hydrogen (secondary N) is 1. The predicted octanol–water partition coefficient (Wildman–Crippen LogP) is 0.972. The van der Waals surface area contributed by atoms with Crippen molar-refractivity contribution in [2.45, 2.75) is 33.3 Å². The molecule has 4 heteroatoms. The monoisotopic (exact) mass is 213 g/mol. The molecule has 1 rings (SSSR count). The average molecular weight is 213 g/mol. The van der Waals surface area contributed by atoms with Gasteiger partial charge in [-0.1, -0.05) is 13.8 Å². The van der Waals surface area contributed by atoms with Gasteiger partial charge in [0, 0.05) is 25.6 Å². The van der Waals surface area contributed by atoms with Crippen molar-refractivity contribution < 1.29 is 4.74 Å². The summed E-state index contributed by atoms with van der Waals surface area (Å²) in [6.07, 6.45) is 1.46. The lowest BCUT2D eigenvalue weighted by molar-refractivity contribution is 0.106. The van der Waals surface area contributed by atoms with Crippen LogP contribution in [0.2, 0.25) is 0 Å². The average Bonchev–Trinajstić information content (AvgIpc) is 2.58. The van der Waals surface area contributed by atoms with Crippen molar-refractivity contribution in [3.63, 3.8) is 0 Å². The number of nitrogens with zero attached hydrogens (tertiary/aromatic N) is 1. The highest BCUT2D eigenvalue weighted by molar-refractivity contribution is 5.77. The van der Waals surface area contributed by atoms with Crippen LogP contribution in [0.1, 0.15) is 27.2 Å². The fraction of sp³-hybridized carbons (Fsp3) is 0.909. The van der Waals surface area contributed by atoms with Gasteiger partial charge in [-0.3, -0.25) is 4.99 Å². The summed E-state index contributed by atoms with van der Waals surface area (Å²) in [6, 6.07) is 0. The molecule has 4 nitrogen and oxygen atoms in total. The van der Waals surface area contributed by atoms with Crippen LogP contribution in [0, 0.1) is 11.8 Å². The van der Waals surface area contributed by atoms with Gasteiger partial charge < -0.3 is 15.8 Å². The first kappa shape index (κ1) is 12.3. The van der Waals surface area contributed by atoms with Crippen LogP contribution in [0.25, 0.3) is 0 Å². The van der Waals surface area contributed by atoms with Gasteiger partial charge in [0.25, 0.3) is 0 Å². The summed E-state index contributed by atoms with van der Waals surface area (Å²) < 4.78 is 5.48. The van der Waals surface area contributed by atoms with Crippen LogP contribution < -0.4 is 11.1 Å². The number of ether oxygens (including phenoxy) is 1. The van der Waals surface area contributed by atoms with Crippen LogP contribution in [-0.4, -0.2) is 31.8 Å². The van der Waals surface area contributed by atoms with Gasteiger partial charge in [0.1, 0.15) is 0 Å². The molecule has 0 bridgehead atoms. The molecule has 0 spiro atoms. The molecule has 88 valence electrons. The maximum atomic E-state index is 5.74. The van der Waals surface area contributed by atoms with Gasteiger partial charge in [0.15, 0.2) is 5.96 Å². The molecule has 0 aliphatic carbocycles. The van der Waals surface area contributed by atoms with Crippen molar-refractivity contribution in [2.24, 2.45) is 22.6 Å². The van der Waals surface area contributed by atoms with E-state index >= 15 is 0 Å². The van der Waals surface area contributed by atoms with E-state index in [1.54, 1.807) is 0 Å². The molecule has 1 heterocycles. The highest BCUT2D eigenvalue weighted by Gasteiger charge is 2.23. The lowest BCUT2D eigenvalue weighted by Gasteiger charge is -2.15. The largest absolute Gasteiger partial charge is 0.378 e. The summed E-state index contributed by atoms with van der Waals surface area (Å²) in [6.45, 7) is 8.90. The SMILES string of the molecule is CC(C)CN=C(N)NCC1CCOC1C. The second-order valence-electron chi connectivity index (χ2n) is 4.63. The summed E-state index contributed by atoms with van der Waals surface area (Å²) in [7, 11) is 0. The first-order valence-electron chi connectivity index (χ1n) is 5.75. The molecule has 3 N–H and O–H groups in total. The summed E-state index contributed by atoms with van der Waals surface area (Å²) in [4.78, 5) is 4.25. The van der Waals surface area contributed by atoms with Crippen molar-refractivity contribution in [1.29, 1.82) is 0 Å². The molecule has 1 aliphatic rings. The highest BCUT2D eigenvalue weighted by Crippen LogP contribution is 2.18. The predicted molar refractivity (Wildman–Crippen MR) is 62.9 cm³/mol. The normalized spacial score (nSPS) is 27.3. The standard InChI is InChI=1S/C11H23N3O/c1-8(2)6-13-11(12)14-7-10-4-5-15-9(10)3/h8-10H,4-7H2,1-3H3,(H3,12,13,14). The minimum absolute atomic E-state index is 0.343. The molecular formula is C11H23N3O. The minimum atomic E-state index is 0.343. The van der Waals surface area contributed by atoms with Gasteiger partial charge in [-0.25, -0.2) is 0 Å². The summed E-state index contributed by atoms with van der Waals surface area (Å²) in [5.41, 5.74) is 5.74. The summed E-state index contributed by atoms with van der Waals surface area (Å²) in [5, 5.41) is 3.16. The Morgan fingerprint density at radius 1 is 1.60 bits per heavy atom. The molecule has 0 aromatic heterocycles. The molecule has 2 unspecified atom stereocenters. The quantitative estimate of drug-likeness (QED) is 0.540. The van der Waals surface area contributed by atoms with E-state index in [9.17, 15) is 0 Å². The van der Waals surface area contributed by atoms with Gasteiger partial charge in [0.2, 0.25) is 0 Å². The Hall–Kier alpha value is -0.770. The first-order valence-corrected chi connectivity index (χ1v) is 5.75. The van der Waals surface area contributed by atoms with Gasteiger partial charge in [-0.05, 0) is 19.3 Å². The Kier molecular flexibility index (Phi) is 4.88. The summed E-state index contributed by atoms with van der Waals surface area (Å²) in [5.74, 6) is 1.68. The van der Waals surface area contributed by atoms with Crippen LogP contribution >= 0.6 is 0 Å². The van der Waals surface area contributed by atoms with Crippen LogP contribution in [0.15, 0.2) is 4.99 Å². The Morgan fingerprint density at radius 2 is 2.33 bits per heavy atom. The molecule has 0 radical (unpaired) electrons. The molecular weight excluding hydrogens is 190 g/mol. The van der Waals surface area contributed by atoms with E-state index < -0.39 is 0 Å². The molecule has 0 saturated carbocycles. The van der Waals surface area contributed by atoms with Crippen molar-refractivity contribution in [3.8, 4) is 0 Å². The fourth-order valence-corrected chi connectivity index (χ4v) is 1.62. The van der Waals surface area contributed by atoms with Crippen molar-refractivity contribution in [1.82, 2.24) is 5.32 Å². The fourth-order valence-electron chi connectivity index (χ4n) is 1.62. The molecule has 1 saturated heterocycles. The molecule has 1 aliphatic heterocycles. The zero-order chi connectivity index (χ0) is 11.3. The van der Waals surface area contributed by atoms with Crippen molar-refractivity contribution in [3.05, 3.63) is 0 Å². The Morgan fingerprint density at radius 3 is 2.87 bits per heavy atom. The third kappa shape index (κ3) is 4.51. The second kappa shape index (κ2) is 5.95. The number of rotatable bonds is 4. The Bertz CT molecular complexity index is 216. The van der Waals surface area contributed by atoms with Crippen molar-refractivity contribution in [2.75, 3.05) is 19.7 Å². The van der Waals surface area contributed by atoms with Gasteiger partial charge in [0.05, 0.1) is 6.10 Å². The van der Waals surface area contributed by atoms with Crippen LogP contribution in [0.5, 0.6) is 0 Å². The minimum Gasteiger partial charge on any atom is -0.378 e. The van der Waals surface area contributed by atoms with Crippen LogP contribution in [0.3, 0.4) is 0 Å². The van der Waals surface area contributed by atoms with E-state index in [4.69, 9.17) is 10.5 Å². The molecule has 0 amide bonds. The van der Waals surface area contributed by atoms with E-state index in [1.807, 2.05) is 0 Å². The number of nitrogens with two attached hydrogens (primary N) is 1. The van der Waals surface area contributed by atoms with E-state index in [1.165, 1.54) is 0 Å². The maximum Gasteiger partial charge on any atom is 0.188 e. The molecule has 0 aromatic carbocycles. The maximum absolute atomic E-state index is 5.74. The van der Waals surface area contributed by atoms with Gasteiger partial charge in [-0.2, -0.15) is 0 Å². The number of aliphatic imine (C=N–C) groups is 1. The summed E-state index contributed by atoms with van der Waals surface area (Å²) >= 11 is 0. The van der Waals surface area contributed by atoms with Crippen LogP contribution in [-0.2, 0) is 4.74 Å². The van der Waals surface area contributed by atoms with E-state index in [2.05, 4.69) is 31.1 Å². The van der Waals surface area contributed by atoms with E-state index in [0.29, 0.717) is 23.9 Å². The third-order valence-corrected chi connectivity index (χ3v) is 2.71. The zero-order valence-electron chi connectivity index (χ0n) is 9.99. The Balaban J connectivity index is 2.21. The van der Waals surface area contributed by atoms with Crippen molar-refractivity contribution >= 4 is 5.96 Å². The topological polar surface area (TPSA) is 59.6 Å². The zero-order valence-corrected chi connectivity index (χ0v) is 9.99. The molecule has 0 aromatic rings. The molecule has 1 fully saturated rings. The number of hydrogen-bond donors (Lipinski definition) is 2. The molecule has 15 heavy (non-hydrogen) atoms. The lowest BCUT2D eigenvalue weighted by atomic mass is 10.0. The van der Waals surface area contributed by atoms with Gasteiger partial charge in [-0.15, -0.1) is 0 Å². The highest BCUT2D eigenvalue weighted by atomic mass is 16.5. The van der Waals surface area contributed by atoms with E-state index in [-0.39, 0.29) is 0 Å². The number of guanidine groups is 1. The molecule has 2 atom stereocenters. The first-order chi connectivity index (χ1) is 7.09. The van der Waals surface area contributed by atoms with Crippen LogP contribution in [0.4, 0.5) is 0 Å². The van der Waals surface area contributed by atoms with Gasteiger partial charge >= 0.3 is 0 Å². The third-order valence-electron chi connectivity index (χ3n) is 2.71. The second-order valence-corrected chi connectivity index (χ2v) is 4.63. The lowest BCUT2D eigenvalue weighted by Crippen LogP contribution is -2.37. The van der Waals surface area contributed by atoms with E-state index in [0.717, 1.165) is 26.1 Å². The number of hydrogen-bond acceptors (Lipinski definition) is 2. The smallest absolute Gasteiger partial charge is 0.188 e. The Labute approximate surface area is 92.3 Å².